The third kappa shape index (κ3) is 4.38. The molecule has 4 heteroatoms. The number of esters is 2. The molecule has 0 N–H and O–H groups in total. The van der Waals surface area contributed by atoms with Gasteiger partial charge >= 0.3 is 11.9 Å². The van der Waals surface area contributed by atoms with Gasteiger partial charge in [-0.25, -0.2) is 0 Å². The van der Waals surface area contributed by atoms with Crippen LogP contribution in [0.2, 0.25) is 0 Å². The Balaban J connectivity index is 2.00. The first kappa shape index (κ1) is 19.2. The molecule has 0 aliphatic heterocycles. The van der Waals surface area contributed by atoms with Gasteiger partial charge in [0.15, 0.2) is 6.10 Å². The summed E-state index contributed by atoms with van der Waals surface area (Å²) in [5.41, 5.74) is 4.74. The van der Waals surface area contributed by atoms with E-state index in [1.165, 1.54) is 12.5 Å². The summed E-state index contributed by atoms with van der Waals surface area (Å²) in [5, 5.41) is 0. The van der Waals surface area contributed by atoms with Crippen LogP contribution in [0.25, 0.3) is 0 Å². The Hall–Kier alpha value is -2.62. The lowest BCUT2D eigenvalue weighted by Crippen LogP contribution is -2.25. The Bertz CT molecular complexity index is 861. The van der Waals surface area contributed by atoms with Gasteiger partial charge in [-0.05, 0) is 50.3 Å². The molecule has 2 aromatic carbocycles. The minimum absolute atomic E-state index is 0.223. The van der Waals surface area contributed by atoms with Crippen molar-refractivity contribution >= 4 is 11.9 Å². The predicted molar refractivity (Wildman–Crippen MR) is 103 cm³/mol. The standard InChI is InChI=1S/C23H26O4/c1-15(24)26-14-16-9-12-20-18(13-16)11-10-17-7-5-6-8-19(17)21(20)27-22(25)23(2,3)4/h5-9,12-13,21H,10-11,14H2,1-4H3. The van der Waals surface area contributed by atoms with Crippen LogP contribution in [0, 0.1) is 5.41 Å². The van der Waals surface area contributed by atoms with Crippen molar-refractivity contribution in [1.82, 2.24) is 0 Å². The zero-order valence-corrected chi connectivity index (χ0v) is 16.4. The highest BCUT2D eigenvalue weighted by Gasteiger charge is 2.31. The van der Waals surface area contributed by atoms with Crippen LogP contribution in [-0.4, -0.2) is 11.9 Å². The molecule has 142 valence electrons. The number of rotatable bonds is 3. The highest BCUT2D eigenvalue weighted by molar-refractivity contribution is 5.76. The fraction of sp³-hybridized carbons (Fsp3) is 0.391. The number of hydrogen-bond donors (Lipinski definition) is 0. The van der Waals surface area contributed by atoms with Crippen molar-refractivity contribution in [3.8, 4) is 0 Å². The topological polar surface area (TPSA) is 52.6 Å². The second-order valence-electron chi connectivity index (χ2n) is 8.05. The van der Waals surface area contributed by atoms with Crippen LogP contribution in [0.4, 0.5) is 0 Å². The number of carbonyl (C=O) groups is 2. The first-order valence-corrected chi connectivity index (χ1v) is 9.29. The van der Waals surface area contributed by atoms with Gasteiger partial charge in [0.1, 0.15) is 6.61 Å². The summed E-state index contributed by atoms with van der Waals surface area (Å²) in [5.74, 6) is -0.520. The molecule has 0 saturated carbocycles. The maximum absolute atomic E-state index is 12.6. The Morgan fingerprint density at radius 3 is 2.37 bits per heavy atom. The van der Waals surface area contributed by atoms with E-state index in [9.17, 15) is 9.59 Å². The van der Waals surface area contributed by atoms with Crippen LogP contribution in [0.5, 0.6) is 0 Å². The normalized spacial score (nSPS) is 15.9. The minimum Gasteiger partial charge on any atom is -0.461 e. The number of ether oxygens (including phenoxy) is 2. The van der Waals surface area contributed by atoms with Gasteiger partial charge in [-0.1, -0.05) is 42.5 Å². The maximum Gasteiger partial charge on any atom is 0.312 e. The fourth-order valence-electron chi connectivity index (χ4n) is 3.27. The van der Waals surface area contributed by atoms with E-state index >= 15 is 0 Å². The third-order valence-electron chi connectivity index (χ3n) is 4.77. The van der Waals surface area contributed by atoms with E-state index in [2.05, 4.69) is 12.1 Å². The summed E-state index contributed by atoms with van der Waals surface area (Å²) in [6, 6.07) is 14.1. The Morgan fingerprint density at radius 2 is 1.67 bits per heavy atom. The second kappa shape index (κ2) is 7.55. The lowest BCUT2D eigenvalue weighted by atomic mass is 9.94. The van der Waals surface area contributed by atoms with Crippen LogP contribution >= 0.6 is 0 Å². The molecule has 3 rings (SSSR count). The van der Waals surface area contributed by atoms with Gasteiger partial charge in [-0.3, -0.25) is 9.59 Å². The number of carbonyl (C=O) groups excluding carboxylic acids is 2. The number of fused-ring (bicyclic) bond motifs is 2. The van der Waals surface area contributed by atoms with Gasteiger partial charge in [-0.15, -0.1) is 0 Å². The molecule has 4 nitrogen and oxygen atoms in total. The molecular weight excluding hydrogens is 340 g/mol. The molecule has 0 aromatic heterocycles. The molecule has 1 atom stereocenters. The van der Waals surface area contributed by atoms with Gasteiger partial charge < -0.3 is 9.47 Å². The van der Waals surface area contributed by atoms with Gasteiger partial charge in [0.25, 0.3) is 0 Å². The van der Waals surface area contributed by atoms with Gasteiger partial charge in [-0.2, -0.15) is 0 Å². The molecule has 0 amide bonds. The van der Waals surface area contributed by atoms with Crippen molar-refractivity contribution in [1.29, 1.82) is 0 Å². The third-order valence-corrected chi connectivity index (χ3v) is 4.77. The minimum atomic E-state index is -0.573. The van der Waals surface area contributed by atoms with Gasteiger partial charge in [0, 0.05) is 18.1 Å². The highest BCUT2D eigenvalue weighted by atomic mass is 16.5. The molecule has 0 saturated heterocycles. The zero-order chi connectivity index (χ0) is 19.6. The van der Waals surface area contributed by atoms with Crippen LogP contribution < -0.4 is 0 Å². The first-order valence-electron chi connectivity index (χ1n) is 9.29. The first-order chi connectivity index (χ1) is 12.8. The van der Waals surface area contributed by atoms with E-state index in [-0.39, 0.29) is 18.5 Å². The molecule has 0 bridgehead atoms. The summed E-state index contributed by atoms with van der Waals surface area (Å²) in [4.78, 5) is 23.7. The molecule has 2 aromatic rings. The smallest absolute Gasteiger partial charge is 0.312 e. The summed E-state index contributed by atoms with van der Waals surface area (Å²) in [6.07, 6.45) is 1.31. The van der Waals surface area contributed by atoms with Crippen LogP contribution in [-0.2, 0) is 38.5 Å². The zero-order valence-electron chi connectivity index (χ0n) is 16.4. The van der Waals surface area contributed by atoms with Crippen molar-refractivity contribution in [3.05, 3.63) is 70.3 Å². The molecule has 0 fully saturated rings. The van der Waals surface area contributed by atoms with E-state index < -0.39 is 11.5 Å². The quantitative estimate of drug-likeness (QED) is 0.749. The van der Waals surface area contributed by atoms with Crippen molar-refractivity contribution in [2.45, 2.75) is 53.2 Å². The Morgan fingerprint density at radius 1 is 1.00 bits per heavy atom. The molecule has 1 unspecified atom stereocenters. The highest BCUT2D eigenvalue weighted by Crippen LogP contribution is 2.37. The van der Waals surface area contributed by atoms with E-state index in [4.69, 9.17) is 9.47 Å². The Kier molecular flexibility index (Phi) is 5.36. The average Bonchev–Trinajstić information content (AvgIpc) is 2.76. The second-order valence-corrected chi connectivity index (χ2v) is 8.05. The number of benzene rings is 2. The largest absolute Gasteiger partial charge is 0.461 e. The summed E-state index contributed by atoms with van der Waals surface area (Å²) in [6.45, 7) is 7.24. The van der Waals surface area contributed by atoms with Crippen LogP contribution in [0.3, 0.4) is 0 Å². The molecule has 1 aliphatic rings. The van der Waals surface area contributed by atoms with E-state index in [1.807, 2.05) is 51.1 Å². The molecule has 1 aliphatic carbocycles. The molecular formula is C23H26O4. The van der Waals surface area contributed by atoms with Crippen LogP contribution in [0.15, 0.2) is 42.5 Å². The monoisotopic (exact) mass is 366 g/mol. The lowest BCUT2D eigenvalue weighted by molar-refractivity contribution is -0.157. The molecule has 0 spiro atoms. The van der Waals surface area contributed by atoms with E-state index in [0.717, 1.165) is 35.1 Å². The Labute approximate surface area is 160 Å². The van der Waals surface area contributed by atoms with Crippen molar-refractivity contribution in [2.24, 2.45) is 5.41 Å². The predicted octanol–water partition coefficient (Wildman–Crippen LogP) is 4.53. The average molecular weight is 366 g/mol. The number of hydrogen-bond acceptors (Lipinski definition) is 4. The summed E-state index contributed by atoms with van der Waals surface area (Å²) >= 11 is 0. The van der Waals surface area contributed by atoms with Crippen molar-refractivity contribution < 1.29 is 19.1 Å². The van der Waals surface area contributed by atoms with Gasteiger partial charge in [0.2, 0.25) is 0 Å². The van der Waals surface area contributed by atoms with E-state index in [0.29, 0.717) is 0 Å². The van der Waals surface area contributed by atoms with Gasteiger partial charge in [0.05, 0.1) is 5.41 Å². The lowest BCUT2D eigenvalue weighted by Gasteiger charge is -2.25. The van der Waals surface area contributed by atoms with E-state index in [1.54, 1.807) is 0 Å². The van der Waals surface area contributed by atoms with Crippen LogP contribution in [0.1, 0.15) is 61.6 Å². The SMILES string of the molecule is CC(=O)OCc1ccc2c(c1)CCc1ccccc1C2OC(=O)C(C)(C)C. The molecule has 27 heavy (non-hydrogen) atoms. The van der Waals surface area contributed by atoms with Crippen molar-refractivity contribution in [2.75, 3.05) is 0 Å². The maximum atomic E-state index is 12.6. The summed E-state index contributed by atoms with van der Waals surface area (Å²) in [7, 11) is 0. The fourth-order valence-corrected chi connectivity index (χ4v) is 3.27. The number of aryl methyl sites for hydroxylation is 2. The summed E-state index contributed by atoms with van der Waals surface area (Å²) < 4.78 is 11.1. The molecule has 0 radical (unpaired) electrons. The molecule has 0 heterocycles. The van der Waals surface area contributed by atoms with Crippen molar-refractivity contribution in [3.63, 3.8) is 0 Å².